The summed E-state index contributed by atoms with van der Waals surface area (Å²) in [5.41, 5.74) is 2.13. The summed E-state index contributed by atoms with van der Waals surface area (Å²) in [6, 6.07) is 5.46. The lowest BCUT2D eigenvalue weighted by atomic mass is 9.85. The maximum Gasteiger partial charge on any atom is 0.341 e. The number of benzene rings is 1. The second-order valence-corrected chi connectivity index (χ2v) is 4.81. The Morgan fingerprint density at radius 1 is 1.33 bits per heavy atom. The molecule has 2 rings (SSSR count). The van der Waals surface area contributed by atoms with Crippen molar-refractivity contribution in [2.24, 2.45) is 0 Å². The SMILES string of the molecule is CC(C)(C)c1ccc2c(c1)C(O)OC2=O. The summed E-state index contributed by atoms with van der Waals surface area (Å²) in [5.74, 6) is -0.446. The van der Waals surface area contributed by atoms with Crippen LogP contribution in [0.5, 0.6) is 0 Å². The Balaban J connectivity index is 2.52. The van der Waals surface area contributed by atoms with E-state index < -0.39 is 12.3 Å². The summed E-state index contributed by atoms with van der Waals surface area (Å²) < 4.78 is 4.72. The fraction of sp³-hybridized carbons (Fsp3) is 0.417. The van der Waals surface area contributed by atoms with Gasteiger partial charge in [0.25, 0.3) is 0 Å². The Morgan fingerprint density at radius 3 is 2.60 bits per heavy atom. The molecule has 0 aliphatic carbocycles. The van der Waals surface area contributed by atoms with E-state index in [-0.39, 0.29) is 5.41 Å². The quantitative estimate of drug-likeness (QED) is 0.661. The molecular weight excluding hydrogens is 192 g/mol. The van der Waals surface area contributed by atoms with E-state index in [0.29, 0.717) is 11.1 Å². The molecule has 1 atom stereocenters. The van der Waals surface area contributed by atoms with Crippen molar-refractivity contribution in [2.45, 2.75) is 32.5 Å². The number of hydrogen-bond acceptors (Lipinski definition) is 3. The summed E-state index contributed by atoms with van der Waals surface area (Å²) in [7, 11) is 0. The molecule has 1 aromatic rings. The third-order valence-corrected chi connectivity index (χ3v) is 2.62. The molecule has 0 aromatic heterocycles. The van der Waals surface area contributed by atoms with Crippen molar-refractivity contribution in [1.82, 2.24) is 0 Å². The average Bonchev–Trinajstić information content (AvgIpc) is 2.41. The van der Waals surface area contributed by atoms with Gasteiger partial charge in [0.15, 0.2) is 0 Å². The van der Waals surface area contributed by atoms with E-state index in [1.54, 1.807) is 6.07 Å². The van der Waals surface area contributed by atoms with Gasteiger partial charge in [-0.15, -0.1) is 0 Å². The molecule has 0 bridgehead atoms. The van der Waals surface area contributed by atoms with Gasteiger partial charge in [-0.1, -0.05) is 26.8 Å². The molecule has 0 fully saturated rings. The van der Waals surface area contributed by atoms with Gasteiger partial charge in [-0.2, -0.15) is 0 Å². The Labute approximate surface area is 88.7 Å². The summed E-state index contributed by atoms with van der Waals surface area (Å²) in [6.07, 6.45) is -1.10. The summed E-state index contributed by atoms with van der Waals surface area (Å²) in [4.78, 5) is 11.3. The van der Waals surface area contributed by atoms with Crippen molar-refractivity contribution >= 4 is 5.97 Å². The lowest BCUT2D eigenvalue weighted by Crippen LogP contribution is -2.11. The van der Waals surface area contributed by atoms with E-state index >= 15 is 0 Å². The molecule has 15 heavy (non-hydrogen) atoms. The first-order chi connectivity index (χ1) is 6.89. The normalized spacial score (nSPS) is 20.0. The molecule has 1 aromatic carbocycles. The Bertz CT molecular complexity index is 415. The predicted molar refractivity (Wildman–Crippen MR) is 55.5 cm³/mol. The van der Waals surface area contributed by atoms with E-state index in [0.717, 1.165) is 5.56 Å². The Hall–Kier alpha value is -1.35. The number of hydrogen-bond donors (Lipinski definition) is 1. The minimum atomic E-state index is -1.10. The minimum Gasteiger partial charge on any atom is -0.428 e. The fourth-order valence-corrected chi connectivity index (χ4v) is 1.65. The van der Waals surface area contributed by atoms with Crippen LogP contribution in [0.1, 0.15) is 48.5 Å². The van der Waals surface area contributed by atoms with Gasteiger partial charge in [0, 0.05) is 5.56 Å². The van der Waals surface area contributed by atoms with Gasteiger partial charge in [0.1, 0.15) is 0 Å². The van der Waals surface area contributed by atoms with Crippen LogP contribution in [0.4, 0.5) is 0 Å². The van der Waals surface area contributed by atoms with Crippen molar-refractivity contribution in [1.29, 1.82) is 0 Å². The monoisotopic (exact) mass is 206 g/mol. The second kappa shape index (κ2) is 3.07. The van der Waals surface area contributed by atoms with Crippen LogP contribution in [-0.4, -0.2) is 11.1 Å². The smallest absolute Gasteiger partial charge is 0.341 e. The molecule has 1 aliphatic heterocycles. The topological polar surface area (TPSA) is 46.5 Å². The molecule has 0 saturated carbocycles. The van der Waals surface area contributed by atoms with Gasteiger partial charge in [0.2, 0.25) is 6.29 Å². The van der Waals surface area contributed by atoms with Crippen LogP contribution in [0.25, 0.3) is 0 Å². The van der Waals surface area contributed by atoms with E-state index in [1.807, 2.05) is 12.1 Å². The first kappa shape index (κ1) is 10.2. The van der Waals surface area contributed by atoms with Crippen molar-refractivity contribution < 1.29 is 14.6 Å². The van der Waals surface area contributed by atoms with E-state index in [1.165, 1.54) is 0 Å². The summed E-state index contributed by atoms with van der Waals surface area (Å²) in [5, 5.41) is 9.50. The van der Waals surface area contributed by atoms with Crippen LogP contribution < -0.4 is 0 Å². The molecule has 3 nitrogen and oxygen atoms in total. The fourth-order valence-electron chi connectivity index (χ4n) is 1.65. The highest BCUT2D eigenvalue weighted by Crippen LogP contribution is 2.32. The highest BCUT2D eigenvalue weighted by Gasteiger charge is 2.30. The highest BCUT2D eigenvalue weighted by molar-refractivity contribution is 5.93. The van der Waals surface area contributed by atoms with Crippen molar-refractivity contribution in [3.05, 3.63) is 34.9 Å². The number of cyclic esters (lactones) is 1. The second-order valence-electron chi connectivity index (χ2n) is 4.81. The lowest BCUT2D eigenvalue weighted by Gasteiger charge is -2.19. The maximum absolute atomic E-state index is 11.3. The van der Waals surface area contributed by atoms with E-state index in [4.69, 9.17) is 4.74 Å². The molecule has 80 valence electrons. The molecule has 3 heteroatoms. The van der Waals surface area contributed by atoms with Crippen LogP contribution in [0.15, 0.2) is 18.2 Å². The molecule has 0 radical (unpaired) electrons. The highest BCUT2D eigenvalue weighted by atomic mass is 16.6. The van der Waals surface area contributed by atoms with Crippen LogP contribution in [0.2, 0.25) is 0 Å². The first-order valence-electron chi connectivity index (χ1n) is 4.93. The molecule has 1 heterocycles. The zero-order chi connectivity index (χ0) is 11.2. The van der Waals surface area contributed by atoms with Gasteiger partial charge in [-0.05, 0) is 23.1 Å². The standard InChI is InChI=1S/C12H14O3/c1-12(2,3)7-4-5-8-9(6-7)11(14)15-10(8)13/h4-6,11,14H,1-3H3. The van der Waals surface area contributed by atoms with E-state index in [9.17, 15) is 9.90 Å². The first-order valence-corrected chi connectivity index (χ1v) is 4.93. The van der Waals surface area contributed by atoms with Gasteiger partial charge in [-0.3, -0.25) is 0 Å². The number of fused-ring (bicyclic) bond motifs is 1. The van der Waals surface area contributed by atoms with Gasteiger partial charge >= 0.3 is 5.97 Å². The molecule has 1 aliphatic rings. The van der Waals surface area contributed by atoms with Crippen molar-refractivity contribution in [3.63, 3.8) is 0 Å². The zero-order valence-electron chi connectivity index (χ0n) is 9.07. The molecule has 0 saturated heterocycles. The third kappa shape index (κ3) is 1.63. The Kier molecular flexibility index (Phi) is 2.08. The number of aliphatic hydroxyl groups is 1. The summed E-state index contributed by atoms with van der Waals surface area (Å²) in [6.45, 7) is 6.25. The number of carbonyl (C=O) groups is 1. The molecule has 0 spiro atoms. The van der Waals surface area contributed by atoms with Crippen LogP contribution in [0.3, 0.4) is 0 Å². The molecule has 1 unspecified atom stereocenters. The third-order valence-electron chi connectivity index (χ3n) is 2.62. The zero-order valence-corrected chi connectivity index (χ0v) is 9.07. The number of ether oxygens (including phenoxy) is 1. The minimum absolute atomic E-state index is 0.000385. The average molecular weight is 206 g/mol. The Morgan fingerprint density at radius 2 is 2.00 bits per heavy atom. The number of rotatable bonds is 0. The number of carbonyl (C=O) groups excluding carboxylic acids is 1. The van der Waals surface area contributed by atoms with Crippen LogP contribution >= 0.6 is 0 Å². The molecule has 1 N–H and O–H groups in total. The lowest BCUT2D eigenvalue weighted by molar-refractivity contribution is -0.0548. The predicted octanol–water partition coefficient (Wildman–Crippen LogP) is 2.15. The number of aliphatic hydroxyl groups excluding tert-OH is 1. The molecule has 0 amide bonds. The maximum atomic E-state index is 11.3. The van der Waals surface area contributed by atoms with Crippen LogP contribution in [0, 0.1) is 0 Å². The van der Waals surface area contributed by atoms with E-state index in [2.05, 4.69) is 20.8 Å². The van der Waals surface area contributed by atoms with Gasteiger partial charge < -0.3 is 9.84 Å². The van der Waals surface area contributed by atoms with Gasteiger partial charge in [0.05, 0.1) is 5.56 Å². The van der Waals surface area contributed by atoms with Crippen molar-refractivity contribution in [3.8, 4) is 0 Å². The van der Waals surface area contributed by atoms with Gasteiger partial charge in [-0.25, -0.2) is 4.79 Å². The van der Waals surface area contributed by atoms with Crippen LogP contribution in [-0.2, 0) is 10.2 Å². The molecular formula is C12H14O3. The summed E-state index contributed by atoms with van der Waals surface area (Å²) >= 11 is 0. The number of esters is 1. The largest absolute Gasteiger partial charge is 0.428 e. The van der Waals surface area contributed by atoms with Crippen molar-refractivity contribution in [2.75, 3.05) is 0 Å².